The van der Waals surface area contributed by atoms with Gasteiger partial charge in [0.2, 0.25) is 5.91 Å². The minimum Gasteiger partial charge on any atom is -0.334 e. The summed E-state index contributed by atoms with van der Waals surface area (Å²) in [7, 11) is -3.68. The topological polar surface area (TPSA) is 84.3 Å². The zero-order valence-electron chi connectivity index (χ0n) is 15.3. The number of nitrogens with one attached hydrogen (secondary N) is 1. The first kappa shape index (κ1) is 19.5. The molecule has 1 fully saturated rings. The molecule has 146 valence electrons. The van der Waals surface area contributed by atoms with Crippen molar-refractivity contribution in [3.63, 3.8) is 0 Å². The molecule has 0 spiro atoms. The van der Waals surface area contributed by atoms with Crippen LogP contribution in [0, 0.1) is 11.7 Å². The third kappa shape index (κ3) is 4.19. The Morgan fingerprint density at radius 3 is 2.52 bits per heavy atom. The van der Waals surface area contributed by atoms with Crippen LogP contribution in [0.25, 0.3) is 0 Å². The quantitative estimate of drug-likeness (QED) is 0.845. The van der Waals surface area contributed by atoms with Crippen molar-refractivity contribution < 1.29 is 17.6 Å². The molecule has 1 aromatic carbocycles. The summed E-state index contributed by atoms with van der Waals surface area (Å²) in [5, 5.41) is 2.60. The lowest BCUT2D eigenvalue weighted by molar-refractivity contribution is -0.120. The van der Waals surface area contributed by atoms with Gasteiger partial charge >= 0.3 is 0 Å². The first-order valence-corrected chi connectivity index (χ1v) is 10.3. The molecule has 7 nitrogen and oxygen atoms in total. The molecule has 0 aliphatic carbocycles. The zero-order chi connectivity index (χ0) is 19.6. The molecule has 1 saturated heterocycles. The van der Waals surface area contributed by atoms with E-state index in [2.05, 4.69) is 10.3 Å². The number of imidazole rings is 1. The summed E-state index contributed by atoms with van der Waals surface area (Å²) in [5.41, 5.74) is 0.136. The average molecular weight is 394 g/mol. The number of rotatable bonds is 5. The molecule has 1 N–H and O–H groups in total. The number of para-hydroxylation sites is 1. The fourth-order valence-electron chi connectivity index (χ4n) is 3.02. The summed E-state index contributed by atoms with van der Waals surface area (Å²) in [6.45, 7) is 4.34. The largest absolute Gasteiger partial charge is 0.334 e. The summed E-state index contributed by atoms with van der Waals surface area (Å²) in [6, 6.07) is 6.09. The van der Waals surface area contributed by atoms with Crippen LogP contribution in [0.1, 0.15) is 32.7 Å². The smallest absolute Gasteiger partial charge is 0.262 e. The van der Waals surface area contributed by atoms with E-state index in [-0.39, 0.29) is 41.7 Å². The predicted molar refractivity (Wildman–Crippen MR) is 99.1 cm³/mol. The molecule has 27 heavy (non-hydrogen) atoms. The minimum absolute atomic E-state index is 0.0189. The molecule has 1 aliphatic heterocycles. The second kappa shape index (κ2) is 7.77. The lowest BCUT2D eigenvalue weighted by atomic mass is 9.97. The second-order valence-corrected chi connectivity index (χ2v) is 8.79. The molecule has 0 atom stereocenters. The van der Waals surface area contributed by atoms with Crippen LogP contribution < -0.4 is 5.32 Å². The Hall–Kier alpha value is -2.26. The summed E-state index contributed by atoms with van der Waals surface area (Å²) in [5.74, 6) is -1.14. The highest BCUT2D eigenvalue weighted by Gasteiger charge is 2.33. The van der Waals surface area contributed by atoms with Crippen LogP contribution in [0.2, 0.25) is 0 Å². The van der Waals surface area contributed by atoms with E-state index in [0.717, 1.165) is 0 Å². The fraction of sp³-hybridized carbons (Fsp3) is 0.444. The highest BCUT2D eigenvalue weighted by molar-refractivity contribution is 7.89. The van der Waals surface area contributed by atoms with Crippen molar-refractivity contribution >= 4 is 21.6 Å². The van der Waals surface area contributed by atoms with Crippen LogP contribution in [0.4, 0.5) is 10.1 Å². The number of hydrogen-bond donors (Lipinski definition) is 1. The van der Waals surface area contributed by atoms with Crippen LogP contribution in [0.15, 0.2) is 41.8 Å². The maximum Gasteiger partial charge on any atom is 0.262 e. The van der Waals surface area contributed by atoms with Gasteiger partial charge in [0.15, 0.2) is 5.03 Å². The van der Waals surface area contributed by atoms with Crippen LogP contribution in [0.5, 0.6) is 0 Å². The zero-order valence-corrected chi connectivity index (χ0v) is 16.1. The van der Waals surface area contributed by atoms with Crippen LogP contribution in [-0.4, -0.2) is 41.3 Å². The van der Waals surface area contributed by atoms with Crippen LogP contribution >= 0.6 is 0 Å². The normalized spacial score (nSPS) is 16.6. The first-order valence-electron chi connectivity index (χ1n) is 8.88. The number of piperidine rings is 1. The highest BCUT2D eigenvalue weighted by atomic mass is 32.2. The van der Waals surface area contributed by atoms with E-state index in [9.17, 15) is 17.6 Å². The molecule has 1 aliphatic rings. The number of sulfonamides is 1. The number of carbonyl (C=O) groups is 1. The van der Waals surface area contributed by atoms with Crippen molar-refractivity contribution in [2.45, 2.75) is 37.8 Å². The van der Waals surface area contributed by atoms with Gasteiger partial charge in [0, 0.05) is 31.2 Å². The van der Waals surface area contributed by atoms with E-state index in [1.807, 2.05) is 13.8 Å². The molecule has 1 aromatic heterocycles. The Morgan fingerprint density at radius 2 is 1.93 bits per heavy atom. The average Bonchev–Trinajstić information content (AvgIpc) is 3.15. The van der Waals surface area contributed by atoms with Gasteiger partial charge in [-0.15, -0.1) is 0 Å². The van der Waals surface area contributed by atoms with Gasteiger partial charge < -0.3 is 9.88 Å². The van der Waals surface area contributed by atoms with Gasteiger partial charge in [-0.3, -0.25) is 4.79 Å². The Balaban J connectivity index is 1.62. The Bertz CT molecular complexity index is 918. The molecular formula is C18H23FN4O3S. The minimum atomic E-state index is -3.68. The first-order chi connectivity index (χ1) is 12.8. The van der Waals surface area contributed by atoms with Gasteiger partial charge in [-0.25, -0.2) is 17.8 Å². The van der Waals surface area contributed by atoms with E-state index in [1.54, 1.807) is 16.7 Å². The number of carbonyl (C=O) groups excluding carboxylic acids is 1. The number of hydrogen-bond acceptors (Lipinski definition) is 4. The Morgan fingerprint density at radius 1 is 1.26 bits per heavy atom. The molecule has 0 bridgehead atoms. The molecular weight excluding hydrogens is 371 g/mol. The summed E-state index contributed by atoms with van der Waals surface area (Å²) in [6.07, 6.45) is 3.79. The summed E-state index contributed by atoms with van der Waals surface area (Å²) >= 11 is 0. The van der Waals surface area contributed by atoms with Crippen LogP contribution in [-0.2, 0) is 14.8 Å². The predicted octanol–water partition coefficient (Wildman–Crippen LogP) is 2.64. The van der Waals surface area contributed by atoms with Gasteiger partial charge in [0.25, 0.3) is 10.0 Å². The standard InChI is InChI=1S/C18H23FN4O3S/c1-13(2)22-11-17(20-12-22)27(25,26)23-9-7-14(8-10-23)18(24)21-16-6-4-3-5-15(16)19/h3-6,11-14H,7-10H2,1-2H3,(H,21,24). The van der Waals surface area contributed by atoms with E-state index in [1.165, 1.54) is 29.0 Å². The fourth-order valence-corrected chi connectivity index (χ4v) is 4.41. The Labute approximate surface area is 158 Å². The lowest BCUT2D eigenvalue weighted by Crippen LogP contribution is -2.41. The Kier molecular flexibility index (Phi) is 5.61. The monoisotopic (exact) mass is 394 g/mol. The van der Waals surface area contributed by atoms with Gasteiger partial charge in [0.1, 0.15) is 5.82 Å². The highest BCUT2D eigenvalue weighted by Crippen LogP contribution is 2.25. The van der Waals surface area contributed by atoms with E-state index in [0.29, 0.717) is 12.8 Å². The van der Waals surface area contributed by atoms with E-state index >= 15 is 0 Å². The van der Waals surface area contributed by atoms with Crippen LogP contribution in [0.3, 0.4) is 0 Å². The van der Waals surface area contributed by atoms with Gasteiger partial charge in [0.05, 0.1) is 12.0 Å². The number of anilines is 1. The number of halogens is 1. The molecule has 0 radical (unpaired) electrons. The van der Waals surface area contributed by atoms with Gasteiger partial charge in [-0.1, -0.05) is 12.1 Å². The van der Waals surface area contributed by atoms with Crippen molar-refractivity contribution in [2.24, 2.45) is 5.92 Å². The molecule has 2 aromatic rings. The molecule has 3 rings (SSSR count). The molecule has 1 amide bonds. The van der Waals surface area contributed by atoms with Crippen molar-refractivity contribution in [1.29, 1.82) is 0 Å². The third-order valence-electron chi connectivity index (χ3n) is 4.73. The van der Waals surface area contributed by atoms with E-state index < -0.39 is 15.8 Å². The summed E-state index contributed by atoms with van der Waals surface area (Å²) < 4.78 is 42.2. The van der Waals surface area contributed by atoms with Gasteiger partial charge in [-0.05, 0) is 38.8 Å². The van der Waals surface area contributed by atoms with Crippen molar-refractivity contribution in [3.8, 4) is 0 Å². The maximum atomic E-state index is 13.7. The number of benzene rings is 1. The lowest BCUT2D eigenvalue weighted by Gasteiger charge is -2.30. The summed E-state index contributed by atoms with van der Waals surface area (Å²) in [4.78, 5) is 16.4. The van der Waals surface area contributed by atoms with Crippen molar-refractivity contribution in [3.05, 3.63) is 42.6 Å². The van der Waals surface area contributed by atoms with E-state index in [4.69, 9.17) is 0 Å². The number of nitrogens with zero attached hydrogens (tertiary/aromatic N) is 3. The SMILES string of the molecule is CC(C)n1cnc(S(=O)(=O)N2CCC(C(=O)Nc3ccccc3F)CC2)c1. The molecule has 2 heterocycles. The second-order valence-electron chi connectivity index (χ2n) is 6.90. The van der Waals surface area contributed by atoms with Crippen molar-refractivity contribution in [1.82, 2.24) is 13.9 Å². The maximum absolute atomic E-state index is 13.7. The number of amides is 1. The van der Waals surface area contributed by atoms with Crippen molar-refractivity contribution in [2.75, 3.05) is 18.4 Å². The third-order valence-corrected chi connectivity index (χ3v) is 6.52. The number of aromatic nitrogens is 2. The van der Waals surface area contributed by atoms with Gasteiger partial charge in [-0.2, -0.15) is 4.31 Å². The molecule has 9 heteroatoms. The molecule has 0 saturated carbocycles. The molecule has 0 unspecified atom stereocenters.